The van der Waals surface area contributed by atoms with Crippen molar-refractivity contribution in [1.29, 1.82) is 0 Å². The van der Waals surface area contributed by atoms with Crippen molar-refractivity contribution in [3.63, 3.8) is 0 Å². The molecule has 19 heavy (non-hydrogen) atoms. The minimum absolute atomic E-state index is 0.0741. The molecule has 0 unspecified atom stereocenters. The maximum atomic E-state index is 12.4. The van der Waals surface area contributed by atoms with Crippen LogP contribution in [0.4, 0.5) is 13.2 Å². The van der Waals surface area contributed by atoms with E-state index in [-0.39, 0.29) is 13.0 Å². The lowest BCUT2D eigenvalue weighted by Crippen LogP contribution is -2.37. The second kappa shape index (κ2) is 6.36. The Morgan fingerprint density at radius 1 is 1.21 bits per heavy atom. The Kier molecular flexibility index (Phi) is 5.09. The first kappa shape index (κ1) is 15.2. The largest absolute Gasteiger partial charge is 0.465 e. The number of halogens is 3. The Morgan fingerprint density at radius 2 is 1.79 bits per heavy atom. The summed E-state index contributed by atoms with van der Waals surface area (Å²) < 4.78 is 41.9. The minimum atomic E-state index is -5.05. The van der Waals surface area contributed by atoms with Crippen molar-refractivity contribution in [2.24, 2.45) is 5.92 Å². The quantitative estimate of drug-likeness (QED) is 0.612. The van der Waals surface area contributed by atoms with E-state index in [1.54, 1.807) is 30.3 Å². The molecule has 0 saturated heterocycles. The predicted molar refractivity (Wildman–Crippen MR) is 61.3 cm³/mol. The summed E-state index contributed by atoms with van der Waals surface area (Å²) >= 11 is 0. The highest BCUT2D eigenvalue weighted by Crippen LogP contribution is 2.24. The molecule has 1 atom stereocenters. The molecule has 0 aliphatic rings. The van der Waals surface area contributed by atoms with Crippen LogP contribution < -0.4 is 0 Å². The second-order valence-corrected chi connectivity index (χ2v) is 3.86. The average molecular weight is 274 g/mol. The summed E-state index contributed by atoms with van der Waals surface area (Å²) in [6.45, 7) is 1.39. The third-order valence-corrected chi connectivity index (χ3v) is 2.45. The SMILES string of the molecule is CCOC(=O)[C@@H](Cc1ccccc1)C(=O)C(F)(F)F. The number of rotatable bonds is 5. The van der Waals surface area contributed by atoms with Crippen LogP contribution in [0.1, 0.15) is 12.5 Å². The molecule has 0 bridgehead atoms. The monoisotopic (exact) mass is 274 g/mol. The van der Waals surface area contributed by atoms with E-state index in [1.165, 1.54) is 6.92 Å². The highest BCUT2D eigenvalue weighted by atomic mass is 19.4. The van der Waals surface area contributed by atoms with Crippen molar-refractivity contribution in [3.8, 4) is 0 Å². The molecule has 0 N–H and O–H groups in total. The van der Waals surface area contributed by atoms with E-state index in [9.17, 15) is 22.8 Å². The zero-order chi connectivity index (χ0) is 14.5. The summed E-state index contributed by atoms with van der Waals surface area (Å²) in [5, 5.41) is 0. The van der Waals surface area contributed by atoms with Crippen LogP contribution in [-0.2, 0) is 20.7 Å². The fourth-order valence-corrected chi connectivity index (χ4v) is 1.57. The van der Waals surface area contributed by atoms with Gasteiger partial charge in [0.05, 0.1) is 6.61 Å². The number of benzene rings is 1. The van der Waals surface area contributed by atoms with Crippen LogP contribution in [0.3, 0.4) is 0 Å². The molecule has 0 amide bonds. The van der Waals surface area contributed by atoms with E-state index < -0.39 is 23.8 Å². The van der Waals surface area contributed by atoms with Gasteiger partial charge in [-0.2, -0.15) is 13.2 Å². The van der Waals surface area contributed by atoms with Crippen molar-refractivity contribution >= 4 is 11.8 Å². The summed E-state index contributed by atoms with van der Waals surface area (Å²) in [4.78, 5) is 22.8. The Labute approximate surface area is 108 Å². The normalized spacial score (nSPS) is 12.8. The minimum Gasteiger partial charge on any atom is -0.465 e. The standard InChI is InChI=1S/C13H13F3O3/c1-2-19-12(18)10(11(17)13(14,15)16)8-9-6-4-3-5-7-9/h3-7,10H,2,8H2,1H3/t10-/m0/s1. The summed E-state index contributed by atoms with van der Waals surface area (Å²) in [7, 11) is 0. The Bertz CT molecular complexity index is 440. The van der Waals surface area contributed by atoms with Gasteiger partial charge >= 0.3 is 12.1 Å². The van der Waals surface area contributed by atoms with E-state index in [1.807, 2.05) is 0 Å². The van der Waals surface area contributed by atoms with Gasteiger partial charge in [-0.1, -0.05) is 30.3 Å². The maximum Gasteiger partial charge on any atom is 0.450 e. The van der Waals surface area contributed by atoms with Gasteiger partial charge < -0.3 is 4.74 Å². The highest BCUT2D eigenvalue weighted by molar-refractivity contribution is 6.02. The van der Waals surface area contributed by atoms with Crippen molar-refractivity contribution in [1.82, 2.24) is 0 Å². The Hall–Kier alpha value is -1.85. The van der Waals surface area contributed by atoms with Gasteiger partial charge in [-0.05, 0) is 18.9 Å². The molecule has 0 spiro atoms. The van der Waals surface area contributed by atoms with Gasteiger partial charge in [0.1, 0.15) is 5.92 Å². The number of hydrogen-bond acceptors (Lipinski definition) is 3. The number of alkyl halides is 3. The van der Waals surface area contributed by atoms with Crippen LogP contribution in [0.5, 0.6) is 0 Å². The van der Waals surface area contributed by atoms with Crippen molar-refractivity contribution < 1.29 is 27.5 Å². The lowest BCUT2D eigenvalue weighted by Gasteiger charge is -2.16. The number of Topliss-reactive ketones (excluding diaryl/α,β-unsaturated/α-hetero) is 1. The van der Waals surface area contributed by atoms with Crippen molar-refractivity contribution in [2.75, 3.05) is 6.61 Å². The molecular formula is C13H13F3O3. The number of hydrogen-bond donors (Lipinski definition) is 0. The Morgan fingerprint density at radius 3 is 2.26 bits per heavy atom. The van der Waals surface area contributed by atoms with Gasteiger partial charge in [-0.15, -0.1) is 0 Å². The lowest BCUT2D eigenvalue weighted by atomic mass is 9.95. The Balaban J connectivity index is 2.93. The molecule has 0 heterocycles. The smallest absolute Gasteiger partial charge is 0.450 e. The van der Waals surface area contributed by atoms with Crippen LogP contribution in [0.15, 0.2) is 30.3 Å². The van der Waals surface area contributed by atoms with Gasteiger partial charge in [0.25, 0.3) is 5.78 Å². The fraction of sp³-hybridized carbons (Fsp3) is 0.385. The molecule has 0 aromatic heterocycles. The molecule has 0 aliphatic carbocycles. The van der Waals surface area contributed by atoms with Crippen LogP contribution in [0.25, 0.3) is 0 Å². The van der Waals surface area contributed by atoms with E-state index in [2.05, 4.69) is 4.74 Å². The van der Waals surface area contributed by atoms with E-state index in [0.717, 1.165) is 0 Å². The number of ether oxygens (including phenoxy) is 1. The first-order valence-corrected chi connectivity index (χ1v) is 5.67. The highest BCUT2D eigenvalue weighted by Gasteiger charge is 2.46. The summed E-state index contributed by atoms with van der Waals surface area (Å²) in [6.07, 6.45) is -5.37. The zero-order valence-corrected chi connectivity index (χ0v) is 10.2. The second-order valence-electron chi connectivity index (χ2n) is 3.86. The molecule has 104 valence electrons. The number of carbonyl (C=O) groups excluding carboxylic acids is 2. The van der Waals surface area contributed by atoms with Gasteiger partial charge in [0, 0.05) is 0 Å². The fourth-order valence-electron chi connectivity index (χ4n) is 1.57. The van der Waals surface area contributed by atoms with Crippen molar-refractivity contribution in [3.05, 3.63) is 35.9 Å². The molecule has 0 aliphatic heterocycles. The van der Waals surface area contributed by atoms with Gasteiger partial charge in [-0.25, -0.2) is 0 Å². The van der Waals surface area contributed by atoms with E-state index in [0.29, 0.717) is 5.56 Å². The third-order valence-electron chi connectivity index (χ3n) is 2.45. The first-order chi connectivity index (χ1) is 8.86. The van der Waals surface area contributed by atoms with Crippen LogP contribution >= 0.6 is 0 Å². The van der Waals surface area contributed by atoms with Gasteiger partial charge in [0.15, 0.2) is 0 Å². The first-order valence-electron chi connectivity index (χ1n) is 5.67. The summed E-state index contributed by atoms with van der Waals surface area (Å²) in [6, 6.07) is 8.03. The van der Waals surface area contributed by atoms with Crippen LogP contribution in [-0.4, -0.2) is 24.5 Å². The molecule has 0 fully saturated rings. The summed E-state index contributed by atoms with van der Waals surface area (Å²) in [5.41, 5.74) is 0.471. The third kappa shape index (κ3) is 4.39. The predicted octanol–water partition coefficient (Wildman–Crippen LogP) is 2.54. The number of esters is 1. The van der Waals surface area contributed by atoms with Gasteiger partial charge in [-0.3, -0.25) is 9.59 Å². The molecule has 6 heteroatoms. The molecule has 1 aromatic rings. The number of ketones is 1. The molecule has 0 radical (unpaired) electrons. The van der Waals surface area contributed by atoms with Crippen LogP contribution in [0.2, 0.25) is 0 Å². The lowest BCUT2D eigenvalue weighted by molar-refractivity contribution is -0.180. The molecule has 3 nitrogen and oxygen atoms in total. The topological polar surface area (TPSA) is 43.4 Å². The summed E-state index contributed by atoms with van der Waals surface area (Å²) in [5.74, 6) is -5.06. The molecular weight excluding hydrogens is 261 g/mol. The van der Waals surface area contributed by atoms with E-state index >= 15 is 0 Å². The average Bonchev–Trinajstić information content (AvgIpc) is 2.35. The van der Waals surface area contributed by atoms with Crippen molar-refractivity contribution in [2.45, 2.75) is 19.5 Å². The molecule has 1 rings (SSSR count). The zero-order valence-electron chi connectivity index (χ0n) is 10.2. The molecule has 1 aromatic carbocycles. The number of carbonyl (C=O) groups is 2. The van der Waals surface area contributed by atoms with E-state index in [4.69, 9.17) is 0 Å². The van der Waals surface area contributed by atoms with Gasteiger partial charge in [0.2, 0.25) is 0 Å². The maximum absolute atomic E-state index is 12.4. The molecule has 0 saturated carbocycles. The van der Waals surface area contributed by atoms with Crippen LogP contribution in [0, 0.1) is 5.92 Å².